The Bertz CT molecular complexity index is 1420. The first kappa shape index (κ1) is 21.1. The van der Waals surface area contributed by atoms with E-state index in [0.29, 0.717) is 28.7 Å². The van der Waals surface area contributed by atoms with Crippen molar-refractivity contribution in [3.8, 4) is 11.6 Å². The van der Waals surface area contributed by atoms with Crippen LogP contribution < -0.4 is 10.1 Å². The van der Waals surface area contributed by atoms with Crippen LogP contribution in [0, 0.1) is 6.92 Å². The highest BCUT2D eigenvalue weighted by molar-refractivity contribution is 8.00. The Hall–Kier alpha value is -3.76. The first-order chi connectivity index (χ1) is 16.2. The number of fused-ring (bicyclic) bond motifs is 1. The lowest BCUT2D eigenvalue weighted by Gasteiger charge is -2.08. The zero-order valence-electron chi connectivity index (χ0n) is 17.4. The lowest BCUT2D eigenvalue weighted by atomic mass is 10.1. The fraction of sp³-hybridized carbons (Fsp3) is 0.0870. The Morgan fingerprint density at radius 3 is 2.88 bits per heavy atom. The molecule has 2 aromatic carbocycles. The van der Waals surface area contributed by atoms with Gasteiger partial charge in [-0.3, -0.25) is 9.78 Å². The molecular weight excluding hydrogens is 458 g/mol. The van der Waals surface area contributed by atoms with Crippen molar-refractivity contribution in [2.24, 2.45) is 0 Å². The number of ether oxygens (including phenoxy) is 1. The highest BCUT2D eigenvalue weighted by Crippen LogP contribution is 2.33. The highest BCUT2D eigenvalue weighted by atomic mass is 32.2. The summed E-state index contributed by atoms with van der Waals surface area (Å²) >= 11 is 3.05. The number of aromatic nitrogens is 4. The molecule has 3 aromatic heterocycles. The number of carbonyl (C=O) groups is 1. The molecule has 5 aromatic rings. The largest absolute Gasteiger partial charge is 0.451 e. The van der Waals surface area contributed by atoms with E-state index in [0.717, 1.165) is 20.3 Å². The van der Waals surface area contributed by atoms with Gasteiger partial charge in [0.1, 0.15) is 16.3 Å². The minimum absolute atomic E-state index is 0.269. The Morgan fingerprint density at radius 1 is 1.15 bits per heavy atom. The second-order valence-corrected chi connectivity index (χ2v) is 9.31. The van der Waals surface area contributed by atoms with Crippen molar-refractivity contribution >= 4 is 45.7 Å². The number of furan rings is 1. The van der Waals surface area contributed by atoms with Gasteiger partial charge >= 0.3 is 0 Å². The summed E-state index contributed by atoms with van der Waals surface area (Å²) in [7, 11) is 0. The van der Waals surface area contributed by atoms with Crippen LogP contribution in [0.4, 0.5) is 5.69 Å². The second-order valence-electron chi connectivity index (χ2n) is 6.91. The van der Waals surface area contributed by atoms with Crippen molar-refractivity contribution < 1.29 is 13.9 Å². The van der Waals surface area contributed by atoms with Gasteiger partial charge in [0.2, 0.25) is 5.88 Å². The van der Waals surface area contributed by atoms with E-state index in [4.69, 9.17) is 9.15 Å². The zero-order valence-corrected chi connectivity index (χ0v) is 19.0. The Kier molecular flexibility index (Phi) is 6.01. The smallest absolute Gasteiger partial charge is 0.291 e. The van der Waals surface area contributed by atoms with E-state index in [-0.39, 0.29) is 11.7 Å². The van der Waals surface area contributed by atoms with Crippen molar-refractivity contribution in [1.29, 1.82) is 0 Å². The van der Waals surface area contributed by atoms with Gasteiger partial charge in [-0.05, 0) is 25.1 Å². The summed E-state index contributed by atoms with van der Waals surface area (Å²) in [6.45, 7) is 1.91. The normalized spacial score (nSPS) is 10.9. The third-order valence-corrected chi connectivity index (χ3v) is 6.60. The lowest BCUT2D eigenvalue weighted by molar-refractivity contribution is 0.0998. The average molecular weight is 476 g/mol. The third kappa shape index (κ3) is 4.86. The number of para-hydroxylation sites is 1. The fourth-order valence-electron chi connectivity index (χ4n) is 3.18. The molecule has 0 saturated carbocycles. The SMILES string of the molecule is Cc1nnc(SCc2c(C(=O)Nc3cccc(Oc4cnccn4)c3)oc3ccccc23)s1. The minimum Gasteiger partial charge on any atom is -0.451 e. The van der Waals surface area contributed by atoms with Crippen LogP contribution in [0.5, 0.6) is 11.6 Å². The minimum atomic E-state index is -0.341. The van der Waals surface area contributed by atoms with Crippen LogP contribution in [-0.2, 0) is 5.75 Å². The monoisotopic (exact) mass is 475 g/mol. The van der Waals surface area contributed by atoms with Crippen molar-refractivity contribution in [3.05, 3.63) is 83.5 Å². The first-order valence-corrected chi connectivity index (χ1v) is 11.7. The number of aryl methyl sites for hydroxylation is 1. The molecule has 5 rings (SSSR count). The predicted molar refractivity (Wildman–Crippen MR) is 127 cm³/mol. The van der Waals surface area contributed by atoms with E-state index in [1.54, 1.807) is 36.7 Å². The number of carbonyl (C=O) groups excluding carboxylic acids is 1. The van der Waals surface area contributed by atoms with Gasteiger partial charge in [0.15, 0.2) is 10.1 Å². The Balaban J connectivity index is 1.38. The molecule has 0 aliphatic rings. The number of nitrogens with one attached hydrogen (secondary N) is 1. The molecule has 1 N–H and O–H groups in total. The standard InChI is InChI=1S/C23H17N5O3S2/c1-14-27-28-23(33-14)32-13-18-17-7-2-3-8-19(17)31-21(18)22(29)26-15-5-4-6-16(11-15)30-20-12-24-9-10-25-20/h2-12H,13H2,1H3,(H,26,29). The van der Waals surface area contributed by atoms with Crippen LogP contribution in [0.3, 0.4) is 0 Å². The molecule has 10 heteroatoms. The van der Waals surface area contributed by atoms with Crippen LogP contribution >= 0.6 is 23.1 Å². The summed E-state index contributed by atoms with van der Waals surface area (Å²) < 4.78 is 12.5. The van der Waals surface area contributed by atoms with Crippen LogP contribution in [0.15, 0.2) is 75.9 Å². The molecule has 0 unspecified atom stereocenters. The van der Waals surface area contributed by atoms with Gasteiger partial charge < -0.3 is 14.5 Å². The van der Waals surface area contributed by atoms with Gasteiger partial charge in [0.25, 0.3) is 5.91 Å². The topological polar surface area (TPSA) is 103 Å². The molecule has 33 heavy (non-hydrogen) atoms. The lowest BCUT2D eigenvalue weighted by Crippen LogP contribution is -2.12. The molecule has 0 radical (unpaired) electrons. The van der Waals surface area contributed by atoms with Crippen LogP contribution in [-0.4, -0.2) is 26.1 Å². The molecule has 0 atom stereocenters. The maximum atomic E-state index is 13.2. The third-order valence-electron chi connectivity index (χ3n) is 4.61. The molecule has 1 amide bonds. The van der Waals surface area contributed by atoms with Crippen molar-refractivity contribution in [2.45, 2.75) is 17.0 Å². The Morgan fingerprint density at radius 2 is 2.06 bits per heavy atom. The van der Waals surface area contributed by atoms with Gasteiger partial charge in [-0.15, -0.1) is 10.2 Å². The first-order valence-electron chi connectivity index (χ1n) is 9.94. The number of nitrogens with zero attached hydrogens (tertiary/aromatic N) is 4. The number of rotatable bonds is 7. The molecule has 0 fully saturated rings. The molecule has 0 aliphatic carbocycles. The summed E-state index contributed by atoms with van der Waals surface area (Å²) in [4.78, 5) is 21.3. The molecule has 0 saturated heterocycles. The molecule has 0 aliphatic heterocycles. The second kappa shape index (κ2) is 9.39. The summed E-state index contributed by atoms with van der Waals surface area (Å²) in [6.07, 6.45) is 4.63. The number of hydrogen-bond acceptors (Lipinski definition) is 9. The maximum absolute atomic E-state index is 13.2. The molecular formula is C23H17N5O3S2. The van der Waals surface area contributed by atoms with Gasteiger partial charge in [-0.2, -0.15) is 0 Å². The number of anilines is 1. The van der Waals surface area contributed by atoms with Crippen molar-refractivity contribution in [3.63, 3.8) is 0 Å². The van der Waals surface area contributed by atoms with Gasteiger partial charge in [0, 0.05) is 40.8 Å². The molecule has 0 spiro atoms. The summed E-state index contributed by atoms with van der Waals surface area (Å²) in [5, 5.41) is 12.9. The van der Waals surface area contributed by atoms with Crippen molar-refractivity contribution in [1.82, 2.24) is 20.2 Å². The maximum Gasteiger partial charge on any atom is 0.291 e. The number of thioether (sulfide) groups is 1. The van der Waals surface area contributed by atoms with Crippen LogP contribution in [0.25, 0.3) is 11.0 Å². The van der Waals surface area contributed by atoms with Crippen molar-refractivity contribution in [2.75, 3.05) is 5.32 Å². The summed E-state index contributed by atoms with van der Waals surface area (Å²) in [5.41, 5.74) is 2.04. The zero-order chi connectivity index (χ0) is 22.6. The highest BCUT2D eigenvalue weighted by Gasteiger charge is 2.21. The van der Waals surface area contributed by atoms with Gasteiger partial charge in [-0.25, -0.2) is 4.98 Å². The van der Waals surface area contributed by atoms with E-state index in [2.05, 4.69) is 25.5 Å². The molecule has 0 bridgehead atoms. The Labute approximate surface area is 197 Å². The van der Waals surface area contributed by atoms with Gasteiger partial charge in [-0.1, -0.05) is 47.4 Å². The average Bonchev–Trinajstić information content (AvgIpc) is 3.42. The van der Waals surface area contributed by atoms with Crippen LogP contribution in [0.2, 0.25) is 0 Å². The van der Waals surface area contributed by atoms with E-state index >= 15 is 0 Å². The van der Waals surface area contributed by atoms with Gasteiger partial charge in [0.05, 0.1) is 6.20 Å². The number of benzene rings is 2. The molecule has 164 valence electrons. The number of amides is 1. The van der Waals surface area contributed by atoms with E-state index in [1.165, 1.54) is 29.3 Å². The summed E-state index contributed by atoms with van der Waals surface area (Å²) in [5.74, 6) is 1.35. The molecule has 8 nitrogen and oxygen atoms in total. The van der Waals surface area contributed by atoms with E-state index < -0.39 is 0 Å². The van der Waals surface area contributed by atoms with E-state index in [9.17, 15) is 4.79 Å². The predicted octanol–water partition coefficient (Wildman–Crippen LogP) is 5.72. The number of hydrogen-bond donors (Lipinski definition) is 1. The molecule has 3 heterocycles. The van der Waals surface area contributed by atoms with E-state index in [1.807, 2.05) is 31.2 Å². The summed E-state index contributed by atoms with van der Waals surface area (Å²) in [6, 6.07) is 14.7. The fourth-order valence-corrected chi connectivity index (χ4v) is 5.02. The van der Waals surface area contributed by atoms with Crippen LogP contribution in [0.1, 0.15) is 21.1 Å². The quantitative estimate of drug-likeness (QED) is 0.298.